The minimum atomic E-state index is -1.78. The van der Waals surface area contributed by atoms with Gasteiger partial charge in [-0.15, -0.1) is 0 Å². The summed E-state index contributed by atoms with van der Waals surface area (Å²) in [6.07, 6.45) is -1.53. The van der Waals surface area contributed by atoms with Crippen molar-refractivity contribution in [3.05, 3.63) is 112 Å². The molecule has 4 aromatic heterocycles. The van der Waals surface area contributed by atoms with Gasteiger partial charge in [-0.25, -0.2) is 19.2 Å². The molecule has 12 N–H and O–H groups in total. The van der Waals surface area contributed by atoms with Crippen LogP contribution in [-0.2, 0) is 0 Å². The normalized spacial score (nSPS) is 11.8. The van der Waals surface area contributed by atoms with Crippen LogP contribution in [0.15, 0.2) is 85.4 Å². The van der Waals surface area contributed by atoms with E-state index in [1.54, 1.807) is 0 Å². The van der Waals surface area contributed by atoms with E-state index in [0.29, 0.717) is 0 Å². The quantitative estimate of drug-likeness (QED) is 0.0727. The maximum absolute atomic E-state index is 13.7. The summed E-state index contributed by atoms with van der Waals surface area (Å²) in [5.41, 5.74) is -9.97. The predicted octanol–water partition coefficient (Wildman–Crippen LogP) is 4.71. The fraction of sp³-hybridized carbons (Fsp3) is 0.122. The van der Waals surface area contributed by atoms with Crippen molar-refractivity contribution in [2.45, 2.75) is 31.1 Å². The SMILES string of the molecule is O=c1oc2cc(O)c(O)cc2c(O)c1C(CCCC(c1c(O)c2cc(O)c(O)cc2oc1=O)c1c(O)c2cc(O)c(O)cc2oc1=O)c1c(O)c2cc(O)c(O)cc2oc1=O. The third kappa shape index (κ3) is 6.25. The molecular formula is C41H28O20. The molecule has 0 aliphatic carbocycles. The van der Waals surface area contributed by atoms with Crippen molar-refractivity contribution in [2.24, 2.45) is 0 Å². The van der Waals surface area contributed by atoms with Gasteiger partial charge in [-0.1, -0.05) is 6.42 Å². The first-order valence-corrected chi connectivity index (χ1v) is 17.7. The van der Waals surface area contributed by atoms with E-state index in [2.05, 4.69) is 0 Å². The fourth-order valence-corrected chi connectivity index (χ4v) is 7.52. The largest absolute Gasteiger partial charge is 0.507 e. The third-order valence-electron chi connectivity index (χ3n) is 10.4. The van der Waals surface area contributed by atoms with Crippen LogP contribution in [0.4, 0.5) is 0 Å². The molecule has 20 heteroatoms. The van der Waals surface area contributed by atoms with Crippen LogP contribution in [0.5, 0.6) is 69.0 Å². The van der Waals surface area contributed by atoms with Crippen molar-refractivity contribution in [2.75, 3.05) is 0 Å². The molecular weight excluding hydrogens is 812 g/mol. The van der Waals surface area contributed by atoms with Crippen LogP contribution in [0.25, 0.3) is 43.9 Å². The fourth-order valence-electron chi connectivity index (χ4n) is 7.52. The number of benzene rings is 4. The Morgan fingerprint density at radius 3 is 0.738 bits per heavy atom. The first-order valence-electron chi connectivity index (χ1n) is 17.7. The zero-order valence-electron chi connectivity index (χ0n) is 30.5. The number of hydrogen-bond acceptors (Lipinski definition) is 20. The molecule has 0 spiro atoms. The van der Waals surface area contributed by atoms with E-state index in [-0.39, 0.29) is 21.5 Å². The lowest BCUT2D eigenvalue weighted by molar-refractivity contribution is 0.398. The second-order valence-corrected chi connectivity index (χ2v) is 14.0. The second-order valence-electron chi connectivity index (χ2n) is 14.0. The van der Waals surface area contributed by atoms with Gasteiger partial charge in [-0.05, 0) is 37.1 Å². The Kier molecular flexibility index (Phi) is 8.99. The van der Waals surface area contributed by atoms with Crippen molar-refractivity contribution in [3.63, 3.8) is 0 Å². The van der Waals surface area contributed by atoms with E-state index in [0.717, 1.165) is 48.5 Å². The van der Waals surface area contributed by atoms with Crippen molar-refractivity contribution >= 4 is 43.9 Å². The highest BCUT2D eigenvalue weighted by molar-refractivity contribution is 5.91. The number of phenols is 8. The number of phenolic OH excluding ortho intramolecular Hbond substituents is 8. The summed E-state index contributed by atoms with van der Waals surface area (Å²) in [6, 6.07) is 6.61. The molecule has 4 heterocycles. The van der Waals surface area contributed by atoms with Crippen LogP contribution in [0.3, 0.4) is 0 Å². The summed E-state index contributed by atoms with van der Waals surface area (Å²) in [5, 5.41) is 126. The Labute approximate surface area is 335 Å². The molecule has 8 rings (SSSR count). The first-order chi connectivity index (χ1) is 28.9. The smallest absolute Gasteiger partial charge is 0.343 e. The van der Waals surface area contributed by atoms with Crippen molar-refractivity contribution in [1.82, 2.24) is 0 Å². The molecule has 0 aliphatic rings. The van der Waals surface area contributed by atoms with Gasteiger partial charge in [0.1, 0.15) is 45.3 Å². The molecule has 0 saturated heterocycles. The molecule has 0 bridgehead atoms. The predicted molar refractivity (Wildman–Crippen MR) is 207 cm³/mol. The summed E-state index contributed by atoms with van der Waals surface area (Å²) >= 11 is 0. The molecule has 0 amide bonds. The second kappa shape index (κ2) is 14.0. The molecule has 0 aliphatic heterocycles. The number of rotatable bonds is 8. The molecule has 312 valence electrons. The highest BCUT2D eigenvalue weighted by Crippen LogP contribution is 2.47. The van der Waals surface area contributed by atoms with Crippen LogP contribution in [-0.4, -0.2) is 61.3 Å². The van der Waals surface area contributed by atoms with Crippen LogP contribution < -0.4 is 22.5 Å². The number of hydrogen-bond donors (Lipinski definition) is 12. The Hall–Kier alpha value is -8.68. The number of aromatic hydroxyl groups is 12. The van der Waals surface area contributed by atoms with Gasteiger partial charge in [-0.3, -0.25) is 0 Å². The average molecular weight is 841 g/mol. The third-order valence-corrected chi connectivity index (χ3v) is 10.4. The van der Waals surface area contributed by atoms with Crippen LogP contribution in [0.1, 0.15) is 53.4 Å². The minimum Gasteiger partial charge on any atom is -0.507 e. The van der Waals surface area contributed by atoms with Gasteiger partial charge in [0, 0.05) is 36.1 Å². The van der Waals surface area contributed by atoms with Gasteiger partial charge in [0.2, 0.25) is 0 Å². The number of fused-ring (bicyclic) bond motifs is 4. The van der Waals surface area contributed by atoms with Crippen LogP contribution in [0, 0.1) is 0 Å². The standard InChI is InChI=1S/C41H28O20/c42-18-4-14-26(8-22(18)46)58-38(54)30(34(14)50)12(31-35(51)15-5-19(43)23(47)9-27(15)59-39(31)55)2-1-3-13(32-36(52)16-6-20(44)24(48)10-28(16)60-40(32)56)33-37(53)17-7-21(45)25(49)11-29(17)61-41(33)57/h4-13,42-53H,1-3H2. The molecule has 0 atom stereocenters. The van der Waals surface area contributed by atoms with Gasteiger partial charge >= 0.3 is 22.5 Å². The first kappa shape index (κ1) is 39.2. The van der Waals surface area contributed by atoms with E-state index in [9.17, 15) is 80.5 Å². The summed E-state index contributed by atoms with van der Waals surface area (Å²) in [7, 11) is 0. The lowest BCUT2D eigenvalue weighted by Gasteiger charge is -2.22. The van der Waals surface area contributed by atoms with Gasteiger partial charge in [0.05, 0.1) is 43.8 Å². The topological polar surface area (TPSA) is 364 Å². The van der Waals surface area contributed by atoms with Gasteiger partial charge < -0.3 is 78.9 Å². The van der Waals surface area contributed by atoms with E-state index in [1.165, 1.54) is 0 Å². The Morgan fingerprint density at radius 2 is 0.525 bits per heavy atom. The van der Waals surface area contributed by atoms with Crippen LogP contribution in [0.2, 0.25) is 0 Å². The van der Waals surface area contributed by atoms with E-state index in [1.807, 2.05) is 0 Å². The maximum Gasteiger partial charge on any atom is 0.343 e. The van der Waals surface area contributed by atoms with Crippen molar-refractivity contribution < 1.29 is 78.9 Å². The summed E-state index contributed by atoms with van der Waals surface area (Å²) < 4.78 is 21.3. The van der Waals surface area contributed by atoms with E-state index < -0.39 is 167 Å². The lowest BCUT2D eigenvalue weighted by Crippen LogP contribution is -2.22. The Bertz CT molecular complexity index is 2980. The minimum absolute atomic E-state index is 0.360. The molecule has 4 aromatic carbocycles. The monoisotopic (exact) mass is 840 g/mol. The van der Waals surface area contributed by atoms with Gasteiger partial charge in [0.25, 0.3) is 0 Å². The summed E-state index contributed by atoms with van der Waals surface area (Å²) in [6.45, 7) is 0. The van der Waals surface area contributed by atoms with Crippen molar-refractivity contribution in [3.8, 4) is 69.0 Å². The van der Waals surface area contributed by atoms with Crippen LogP contribution >= 0.6 is 0 Å². The van der Waals surface area contributed by atoms with E-state index >= 15 is 0 Å². The highest BCUT2D eigenvalue weighted by Gasteiger charge is 2.35. The molecule has 61 heavy (non-hydrogen) atoms. The Balaban J connectivity index is 1.34. The summed E-state index contributed by atoms with van der Waals surface area (Å²) in [5.74, 6) is -13.2. The average Bonchev–Trinajstić information content (AvgIpc) is 3.18. The zero-order valence-corrected chi connectivity index (χ0v) is 30.5. The van der Waals surface area contributed by atoms with Gasteiger partial charge in [0.15, 0.2) is 46.0 Å². The molecule has 0 radical (unpaired) electrons. The van der Waals surface area contributed by atoms with Gasteiger partial charge in [-0.2, -0.15) is 0 Å². The molecule has 8 aromatic rings. The molecule has 0 fully saturated rings. The zero-order chi connectivity index (χ0) is 43.9. The Morgan fingerprint density at radius 1 is 0.328 bits per heavy atom. The summed E-state index contributed by atoms with van der Waals surface area (Å²) in [4.78, 5) is 54.8. The molecule has 0 unspecified atom stereocenters. The van der Waals surface area contributed by atoms with Crippen molar-refractivity contribution in [1.29, 1.82) is 0 Å². The highest BCUT2D eigenvalue weighted by atomic mass is 16.4. The molecule has 0 saturated carbocycles. The lowest BCUT2D eigenvalue weighted by atomic mass is 9.82. The molecule has 20 nitrogen and oxygen atoms in total. The van der Waals surface area contributed by atoms with E-state index in [4.69, 9.17) is 17.7 Å². The maximum atomic E-state index is 13.7.